The smallest absolute Gasteiger partial charge is 0.0809 e. The first kappa shape index (κ1) is 13.6. The van der Waals surface area contributed by atoms with Crippen molar-refractivity contribution in [2.45, 2.75) is 25.0 Å². The Kier molecular flexibility index (Phi) is 4.31. The largest absolute Gasteiger partial charge is 0.377 e. The van der Waals surface area contributed by atoms with Gasteiger partial charge in [-0.15, -0.1) is 0 Å². The van der Waals surface area contributed by atoms with Crippen molar-refractivity contribution in [3.8, 4) is 0 Å². The minimum atomic E-state index is -0.0824. The first-order valence-corrected chi connectivity index (χ1v) is 7.26. The molecule has 3 rings (SSSR count). The van der Waals surface area contributed by atoms with Gasteiger partial charge in [0, 0.05) is 6.61 Å². The van der Waals surface area contributed by atoms with Crippen molar-refractivity contribution in [1.82, 2.24) is 0 Å². The fourth-order valence-corrected chi connectivity index (χ4v) is 2.64. The van der Waals surface area contributed by atoms with Crippen LogP contribution in [-0.4, -0.2) is 25.9 Å². The summed E-state index contributed by atoms with van der Waals surface area (Å²) in [6.45, 7) is 2.06. The van der Waals surface area contributed by atoms with E-state index in [1.54, 1.807) is 0 Å². The number of hydrogen-bond acceptors (Lipinski definition) is 3. The molecule has 3 nitrogen and oxygen atoms in total. The number of nitrogens with two attached hydrogens (primary N) is 1. The minimum absolute atomic E-state index is 0.0824. The van der Waals surface area contributed by atoms with E-state index in [0.717, 1.165) is 25.0 Å². The van der Waals surface area contributed by atoms with Crippen LogP contribution >= 0.6 is 0 Å². The van der Waals surface area contributed by atoms with Crippen molar-refractivity contribution < 1.29 is 9.47 Å². The molecule has 0 bridgehead atoms. The molecule has 0 aromatic heterocycles. The van der Waals surface area contributed by atoms with Gasteiger partial charge in [-0.05, 0) is 35.2 Å². The minimum Gasteiger partial charge on any atom is -0.377 e. The number of benzene rings is 2. The Bertz CT molecular complexity index is 564. The summed E-state index contributed by atoms with van der Waals surface area (Å²) >= 11 is 0. The van der Waals surface area contributed by atoms with Gasteiger partial charge in [0.2, 0.25) is 0 Å². The summed E-state index contributed by atoms with van der Waals surface area (Å²) in [4.78, 5) is 0. The first-order chi connectivity index (χ1) is 9.83. The second-order valence-corrected chi connectivity index (χ2v) is 5.39. The standard InChI is InChI=1S/C17H21NO2/c18-17(12-19-11-16-6-3-9-20-16)15-8-7-13-4-1-2-5-14(13)10-15/h1-2,4-5,7-8,10,16-17H,3,6,9,11-12,18H2. The van der Waals surface area contributed by atoms with Crippen LogP contribution in [0.15, 0.2) is 42.5 Å². The van der Waals surface area contributed by atoms with Gasteiger partial charge in [0.05, 0.1) is 25.4 Å². The number of hydrogen-bond donors (Lipinski definition) is 1. The molecule has 106 valence electrons. The van der Waals surface area contributed by atoms with Crippen molar-refractivity contribution >= 4 is 10.8 Å². The van der Waals surface area contributed by atoms with Crippen molar-refractivity contribution in [3.05, 3.63) is 48.0 Å². The predicted molar refractivity (Wildman–Crippen MR) is 80.7 cm³/mol. The number of rotatable bonds is 5. The van der Waals surface area contributed by atoms with Gasteiger partial charge < -0.3 is 15.2 Å². The molecule has 0 spiro atoms. The summed E-state index contributed by atoms with van der Waals surface area (Å²) < 4.78 is 11.2. The molecule has 2 unspecified atom stereocenters. The van der Waals surface area contributed by atoms with Crippen LogP contribution < -0.4 is 5.73 Å². The third-order valence-electron chi connectivity index (χ3n) is 3.83. The van der Waals surface area contributed by atoms with E-state index in [9.17, 15) is 0 Å². The highest BCUT2D eigenvalue weighted by molar-refractivity contribution is 5.83. The second kappa shape index (κ2) is 6.35. The van der Waals surface area contributed by atoms with E-state index in [4.69, 9.17) is 15.2 Å². The summed E-state index contributed by atoms with van der Waals surface area (Å²) in [6.07, 6.45) is 2.51. The molecule has 0 aliphatic carbocycles. The van der Waals surface area contributed by atoms with Gasteiger partial charge in [0.15, 0.2) is 0 Å². The molecule has 1 saturated heterocycles. The summed E-state index contributed by atoms with van der Waals surface area (Å²) in [5, 5.41) is 2.46. The molecule has 1 fully saturated rings. The molecule has 1 aliphatic rings. The summed E-state index contributed by atoms with van der Waals surface area (Å²) in [5.74, 6) is 0. The van der Waals surface area contributed by atoms with Crippen LogP contribution in [0.5, 0.6) is 0 Å². The van der Waals surface area contributed by atoms with Gasteiger partial charge in [-0.2, -0.15) is 0 Å². The van der Waals surface area contributed by atoms with Gasteiger partial charge in [-0.25, -0.2) is 0 Å². The lowest BCUT2D eigenvalue weighted by Gasteiger charge is -2.15. The predicted octanol–water partition coefficient (Wildman–Crippen LogP) is 3.04. The first-order valence-electron chi connectivity index (χ1n) is 7.26. The van der Waals surface area contributed by atoms with E-state index in [1.807, 2.05) is 12.1 Å². The third-order valence-corrected chi connectivity index (χ3v) is 3.83. The average molecular weight is 271 g/mol. The summed E-state index contributed by atoms with van der Waals surface area (Å²) in [5.41, 5.74) is 7.33. The third kappa shape index (κ3) is 3.18. The maximum Gasteiger partial charge on any atom is 0.0809 e. The number of fused-ring (bicyclic) bond motifs is 1. The van der Waals surface area contributed by atoms with Gasteiger partial charge in [0.25, 0.3) is 0 Å². The fourth-order valence-electron chi connectivity index (χ4n) is 2.64. The Morgan fingerprint density at radius 3 is 2.85 bits per heavy atom. The van der Waals surface area contributed by atoms with Gasteiger partial charge >= 0.3 is 0 Å². The SMILES string of the molecule is NC(COCC1CCCO1)c1ccc2ccccc2c1. The molecule has 0 saturated carbocycles. The summed E-state index contributed by atoms with van der Waals surface area (Å²) in [6, 6.07) is 14.6. The van der Waals surface area contributed by atoms with Crippen molar-refractivity contribution in [1.29, 1.82) is 0 Å². The highest BCUT2D eigenvalue weighted by atomic mass is 16.5. The van der Waals surface area contributed by atoms with Crippen LogP contribution in [0.1, 0.15) is 24.4 Å². The average Bonchev–Trinajstić information content (AvgIpc) is 3.00. The van der Waals surface area contributed by atoms with Crippen LogP contribution in [0.25, 0.3) is 10.8 Å². The molecule has 1 heterocycles. The van der Waals surface area contributed by atoms with Crippen molar-refractivity contribution in [2.75, 3.05) is 19.8 Å². The fraction of sp³-hybridized carbons (Fsp3) is 0.412. The maximum absolute atomic E-state index is 6.20. The molecular weight excluding hydrogens is 250 g/mol. The van der Waals surface area contributed by atoms with Crippen molar-refractivity contribution in [3.63, 3.8) is 0 Å². The monoisotopic (exact) mass is 271 g/mol. The van der Waals surface area contributed by atoms with E-state index in [1.165, 1.54) is 10.8 Å². The Morgan fingerprint density at radius 2 is 2.05 bits per heavy atom. The second-order valence-electron chi connectivity index (χ2n) is 5.39. The van der Waals surface area contributed by atoms with Gasteiger partial charge in [-0.3, -0.25) is 0 Å². The lowest BCUT2D eigenvalue weighted by atomic mass is 10.0. The lowest BCUT2D eigenvalue weighted by molar-refractivity contribution is 0.0129. The Labute approximate surface area is 119 Å². The van der Waals surface area contributed by atoms with E-state index in [-0.39, 0.29) is 12.1 Å². The molecule has 0 amide bonds. The zero-order valence-electron chi connectivity index (χ0n) is 11.6. The zero-order valence-corrected chi connectivity index (χ0v) is 11.6. The molecule has 2 N–H and O–H groups in total. The highest BCUT2D eigenvalue weighted by Crippen LogP contribution is 2.20. The Balaban J connectivity index is 1.58. The summed E-state index contributed by atoms with van der Waals surface area (Å²) in [7, 11) is 0. The number of ether oxygens (including phenoxy) is 2. The quantitative estimate of drug-likeness (QED) is 0.909. The van der Waals surface area contributed by atoms with Gasteiger partial charge in [0.1, 0.15) is 0 Å². The Morgan fingerprint density at radius 1 is 1.20 bits per heavy atom. The van der Waals surface area contributed by atoms with E-state index in [0.29, 0.717) is 13.2 Å². The Hall–Kier alpha value is -1.42. The van der Waals surface area contributed by atoms with Crippen LogP contribution in [-0.2, 0) is 9.47 Å². The van der Waals surface area contributed by atoms with Crippen LogP contribution in [0.2, 0.25) is 0 Å². The normalized spacial score (nSPS) is 20.4. The molecule has 2 aromatic rings. The zero-order chi connectivity index (χ0) is 13.8. The topological polar surface area (TPSA) is 44.5 Å². The van der Waals surface area contributed by atoms with E-state index >= 15 is 0 Å². The maximum atomic E-state index is 6.20. The van der Waals surface area contributed by atoms with Gasteiger partial charge in [-0.1, -0.05) is 36.4 Å². The van der Waals surface area contributed by atoms with Crippen LogP contribution in [0.3, 0.4) is 0 Å². The molecule has 2 atom stereocenters. The van der Waals surface area contributed by atoms with Crippen LogP contribution in [0, 0.1) is 0 Å². The van der Waals surface area contributed by atoms with E-state index in [2.05, 4.69) is 30.3 Å². The van der Waals surface area contributed by atoms with E-state index < -0.39 is 0 Å². The molecule has 1 aliphatic heterocycles. The lowest BCUT2D eigenvalue weighted by Crippen LogP contribution is -2.21. The molecule has 0 radical (unpaired) electrons. The van der Waals surface area contributed by atoms with Crippen molar-refractivity contribution in [2.24, 2.45) is 5.73 Å². The highest BCUT2D eigenvalue weighted by Gasteiger charge is 2.16. The van der Waals surface area contributed by atoms with Crippen LogP contribution in [0.4, 0.5) is 0 Å². The molecule has 2 aromatic carbocycles. The molecule has 3 heteroatoms. The molecule has 20 heavy (non-hydrogen) atoms. The molecular formula is C17H21NO2.